The Kier molecular flexibility index (Phi) is 6.69. The zero-order valence-corrected chi connectivity index (χ0v) is 11.7. The molecule has 0 bridgehead atoms. The summed E-state index contributed by atoms with van der Waals surface area (Å²) in [4.78, 5) is 0. The summed E-state index contributed by atoms with van der Waals surface area (Å²) in [6, 6.07) is 5.65. The van der Waals surface area contributed by atoms with Crippen LogP contribution in [-0.2, 0) is 11.0 Å². The molecule has 4 nitrogen and oxygen atoms in total. The van der Waals surface area contributed by atoms with E-state index in [2.05, 4.69) is 12.2 Å². The molecule has 1 atom stereocenters. The standard InChI is InChI=1S/C13H20NO3P/c1-3-6-10-11(14-13(15)4-2)7-5-8-12(10)17-9-18-16/h5,7-8,13-15H,3-4,6,9H2,1-2H3. The fraction of sp³-hybridized carbons (Fsp3) is 0.538. The van der Waals surface area contributed by atoms with Crippen LogP contribution in [0.5, 0.6) is 5.75 Å². The van der Waals surface area contributed by atoms with E-state index in [0.717, 1.165) is 29.8 Å². The third kappa shape index (κ3) is 4.28. The van der Waals surface area contributed by atoms with E-state index in [-0.39, 0.29) is 14.8 Å². The molecule has 1 unspecified atom stereocenters. The van der Waals surface area contributed by atoms with E-state index in [9.17, 15) is 9.67 Å². The van der Waals surface area contributed by atoms with Gasteiger partial charge in [0.05, 0.1) is 0 Å². The van der Waals surface area contributed by atoms with Gasteiger partial charge in [-0.15, -0.1) is 0 Å². The maximum Gasteiger partial charge on any atom is 0.197 e. The van der Waals surface area contributed by atoms with Crippen molar-refractivity contribution in [3.63, 3.8) is 0 Å². The van der Waals surface area contributed by atoms with Crippen molar-refractivity contribution in [1.29, 1.82) is 0 Å². The number of hydrogen-bond acceptors (Lipinski definition) is 4. The molecule has 0 aromatic heterocycles. The Morgan fingerprint density at radius 2 is 2.22 bits per heavy atom. The summed E-state index contributed by atoms with van der Waals surface area (Å²) in [7, 11) is -0.0310. The van der Waals surface area contributed by atoms with Gasteiger partial charge in [-0.2, -0.15) is 0 Å². The summed E-state index contributed by atoms with van der Waals surface area (Å²) in [6.45, 7) is 4.00. The quantitative estimate of drug-likeness (QED) is 0.561. The first-order chi connectivity index (χ1) is 8.72. The smallest absolute Gasteiger partial charge is 0.197 e. The Balaban J connectivity index is 2.96. The van der Waals surface area contributed by atoms with Gasteiger partial charge in [0.1, 0.15) is 12.0 Å². The molecule has 0 aliphatic heterocycles. The fourth-order valence-electron chi connectivity index (χ4n) is 1.72. The molecule has 0 spiro atoms. The third-order valence-electron chi connectivity index (χ3n) is 2.61. The predicted octanol–water partition coefficient (Wildman–Crippen LogP) is 3.41. The molecule has 5 heteroatoms. The molecule has 0 radical (unpaired) electrons. The van der Waals surface area contributed by atoms with Crippen molar-refractivity contribution >= 4 is 14.1 Å². The Morgan fingerprint density at radius 1 is 1.44 bits per heavy atom. The van der Waals surface area contributed by atoms with E-state index >= 15 is 0 Å². The molecule has 0 amide bonds. The molecule has 2 N–H and O–H groups in total. The molecule has 0 aliphatic rings. The predicted molar refractivity (Wildman–Crippen MR) is 73.5 cm³/mol. The average molecular weight is 269 g/mol. The lowest BCUT2D eigenvalue weighted by Gasteiger charge is -2.18. The molecule has 1 aromatic carbocycles. The third-order valence-corrected chi connectivity index (χ3v) is 2.85. The van der Waals surface area contributed by atoms with Crippen LogP contribution >= 0.6 is 8.46 Å². The maximum atomic E-state index is 10.5. The number of anilines is 1. The molecular weight excluding hydrogens is 249 g/mol. The van der Waals surface area contributed by atoms with Crippen LogP contribution in [0.3, 0.4) is 0 Å². The molecule has 1 aromatic rings. The van der Waals surface area contributed by atoms with Gasteiger partial charge in [-0.05, 0) is 25.0 Å². The second-order valence-corrected chi connectivity index (χ2v) is 4.52. The second-order valence-electron chi connectivity index (χ2n) is 4.00. The zero-order valence-electron chi connectivity index (χ0n) is 10.8. The highest BCUT2D eigenvalue weighted by molar-refractivity contribution is 7.23. The number of aliphatic hydroxyl groups is 1. The molecule has 0 heterocycles. The highest BCUT2D eigenvalue weighted by atomic mass is 31.1. The molecule has 0 aliphatic carbocycles. The Hall–Kier alpha value is -1.12. The minimum absolute atomic E-state index is 0.0310. The number of hydrogen-bond donors (Lipinski definition) is 2. The van der Waals surface area contributed by atoms with Crippen LogP contribution in [0.1, 0.15) is 32.3 Å². The van der Waals surface area contributed by atoms with Gasteiger partial charge in [0.2, 0.25) is 0 Å². The van der Waals surface area contributed by atoms with Crippen LogP contribution in [-0.4, -0.2) is 17.7 Å². The number of ether oxygens (including phenoxy) is 1. The first kappa shape index (κ1) is 14.9. The first-order valence-electron chi connectivity index (χ1n) is 6.21. The lowest BCUT2D eigenvalue weighted by molar-refractivity contribution is 0.199. The van der Waals surface area contributed by atoms with Gasteiger partial charge in [0.25, 0.3) is 0 Å². The number of nitrogens with one attached hydrogen (secondary N) is 1. The van der Waals surface area contributed by atoms with Crippen molar-refractivity contribution in [2.45, 2.75) is 39.3 Å². The van der Waals surface area contributed by atoms with Gasteiger partial charge in [0.15, 0.2) is 14.8 Å². The minimum Gasteiger partial charge on any atom is -0.481 e. The summed E-state index contributed by atoms with van der Waals surface area (Å²) < 4.78 is 15.9. The highest BCUT2D eigenvalue weighted by Gasteiger charge is 2.11. The van der Waals surface area contributed by atoms with E-state index in [1.54, 1.807) is 0 Å². The van der Waals surface area contributed by atoms with Gasteiger partial charge in [-0.25, -0.2) is 0 Å². The van der Waals surface area contributed by atoms with Crippen LogP contribution in [0.4, 0.5) is 5.69 Å². The summed E-state index contributed by atoms with van der Waals surface area (Å²) in [6.07, 6.45) is 2.05. The van der Waals surface area contributed by atoms with E-state index in [4.69, 9.17) is 4.74 Å². The molecule has 100 valence electrons. The molecular formula is C13H20NO3P. The Morgan fingerprint density at radius 3 is 2.83 bits per heavy atom. The largest absolute Gasteiger partial charge is 0.481 e. The summed E-state index contributed by atoms with van der Waals surface area (Å²) in [5.74, 6) is 0.730. The number of aliphatic hydroxyl groups excluding tert-OH is 1. The van der Waals surface area contributed by atoms with Crippen LogP contribution in [0.25, 0.3) is 0 Å². The molecule has 0 saturated carbocycles. The van der Waals surface area contributed by atoms with E-state index < -0.39 is 6.23 Å². The normalized spacial score (nSPS) is 12.4. The molecule has 18 heavy (non-hydrogen) atoms. The van der Waals surface area contributed by atoms with Crippen LogP contribution in [0, 0.1) is 0 Å². The van der Waals surface area contributed by atoms with Crippen molar-refractivity contribution in [1.82, 2.24) is 0 Å². The zero-order chi connectivity index (χ0) is 13.4. The lowest BCUT2D eigenvalue weighted by atomic mass is 10.1. The highest BCUT2D eigenvalue weighted by Crippen LogP contribution is 2.29. The lowest BCUT2D eigenvalue weighted by Crippen LogP contribution is -2.18. The van der Waals surface area contributed by atoms with E-state index in [1.807, 2.05) is 25.1 Å². The Bertz CT molecular complexity index is 384. The number of benzene rings is 1. The SMILES string of the molecule is CCCc1c(NC(O)CC)cccc1OCP=O. The molecule has 1 rings (SSSR count). The van der Waals surface area contributed by atoms with Crippen molar-refractivity contribution in [2.24, 2.45) is 0 Å². The first-order valence-corrected chi connectivity index (χ1v) is 7.21. The van der Waals surface area contributed by atoms with E-state index in [0.29, 0.717) is 6.42 Å². The fourth-order valence-corrected chi connectivity index (χ4v) is 1.91. The van der Waals surface area contributed by atoms with Crippen molar-refractivity contribution in [2.75, 3.05) is 11.7 Å². The van der Waals surface area contributed by atoms with Gasteiger partial charge in [-0.1, -0.05) is 26.3 Å². The Labute approximate surface area is 110 Å². The van der Waals surface area contributed by atoms with E-state index in [1.165, 1.54) is 0 Å². The summed E-state index contributed by atoms with van der Waals surface area (Å²) >= 11 is 0. The summed E-state index contributed by atoms with van der Waals surface area (Å²) in [5.41, 5.74) is 1.91. The van der Waals surface area contributed by atoms with Crippen LogP contribution in [0.2, 0.25) is 0 Å². The average Bonchev–Trinajstić information content (AvgIpc) is 2.39. The van der Waals surface area contributed by atoms with Crippen molar-refractivity contribution in [3.05, 3.63) is 23.8 Å². The molecule has 0 fully saturated rings. The topological polar surface area (TPSA) is 58.6 Å². The maximum absolute atomic E-state index is 10.5. The van der Waals surface area contributed by atoms with Crippen LogP contribution < -0.4 is 10.1 Å². The summed E-state index contributed by atoms with van der Waals surface area (Å²) in [5, 5.41) is 12.7. The number of rotatable bonds is 8. The van der Waals surface area contributed by atoms with Gasteiger partial charge >= 0.3 is 0 Å². The monoisotopic (exact) mass is 269 g/mol. The minimum atomic E-state index is -0.562. The van der Waals surface area contributed by atoms with Gasteiger partial charge < -0.3 is 15.2 Å². The van der Waals surface area contributed by atoms with Gasteiger partial charge in [0, 0.05) is 11.3 Å². The van der Waals surface area contributed by atoms with Gasteiger partial charge in [-0.3, -0.25) is 4.57 Å². The molecule has 0 saturated heterocycles. The van der Waals surface area contributed by atoms with Crippen molar-refractivity contribution < 1.29 is 14.4 Å². The van der Waals surface area contributed by atoms with Crippen LogP contribution in [0.15, 0.2) is 18.2 Å². The second kappa shape index (κ2) is 8.06. The van der Waals surface area contributed by atoms with Crippen molar-refractivity contribution in [3.8, 4) is 5.75 Å².